The van der Waals surface area contributed by atoms with Crippen LogP contribution in [0.5, 0.6) is 0 Å². The molecule has 1 unspecified atom stereocenters. The summed E-state index contributed by atoms with van der Waals surface area (Å²) in [6, 6.07) is 0. The van der Waals surface area contributed by atoms with Crippen molar-refractivity contribution in [1.82, 2.24) is 9.78 Å². The number of nitrogens with two attached hydrogens (primary N) is 1. The summed E-state index contributed by atoms with van der Waals surface area (Å²) in [7, 11) is 1.76. The molecule has 17 heavy (non-hydrogen) atoms. The zero-order valence-electron chi connectivity index (χ0n) is 10.9. The van der Waals surface area contributed by atoms with Crippen molar-refractivity contribution < 1.29 is 4.79 Å². The molecule has 0 amide bonds. The van der Waals surface area contributed by atoms with Crippen LogP contribution in [-0.2, 0) is 18.3 Å². The highest BCUT2D eigenvalue weighted by molar-refractivity contribution is 6.30. The maximum absolute atomic E-state index is 12.1. The van der Waals surface area contributed by atoms with Crippen LogP contribution >= 0.6 is 11.6 Å². The molecule has 1 rings (SSSR count). The average molecular weight is 258 g/mol. The van der Waals surface area contributed by atoms with Crippen LogP contribution in [0.4, 0.5) is 0 Å². The molecule has 0 bridgehead atoms. The second-order valence-corrected chi connectivity index (χ2v) is 5.10. The Bertz CT molecular complexity index is 424. The Balaban J connectivity index is 2.88. The first-order valence-electron chi connectivity index (χ1n) is 5.79. The third-order valence-electron chi connectivity index (χ3n) is 3.01. The van der Waals surface area contributed by atoms with Crippen LogP contribution in [0.2, 0.25) is 5.15 Å². The minimum absolute atomic E-state index is 0.0114. The molecule has 0 aromatic carbocycles. The summed E-state index contributed by atoms with van der Waals surface area (Å²) in [5, 5.41) is 4.70. The van der Waals surface area contributed by atoms with Crippen molar-refractivity contribution in [3.05, 3.63) is 16.4 Å². The molecule has 4 nitrogen and oxygen atoms in total. The van der Waals surface area contributed by atoms with Gasteiger partial charge < -0.3 is 5.73 Å². The van der Waals surface area contributed by atoms with Crippen molar-refractivity contribution in [2.75, 3.05) is 0 Å². The first-order chi connectivity index (χ1) is 7.79. The monoisotopic (exact) mass is 257 g/mol. The molecular weight excluding hydrogens is 238 g/mol. The quantitative estimate of drug-likeness (QED) is 0.878. The predicted molar refractivity (Wildman–Crippen MR) is 69.2 cm³/mol. The van der Waals surface area contributed by atoms with E-state index < -0.39 is 5.54 Å². The fourth-order valence-corrected chi connectivity index (χ4v) is 2.14. The van der Waals surface area contributed by atoms with Gasteiger partial charge in [-0.05, 0) is 20.3 Å². The number of Topliss-reactive ketones (excluding diaryl/α,β-unsaturated/α-hetero) is 1. The molecule has 1 atom stereocenters. The molecule has 0 aliphatic rings. The third-order valence-corrected chi connectivity index (χ3v) is 3.49. The van der Waals surface area contributed by atoms with Crippen molar-refractivity contribution in [3.8, 4) is 0 Å². The number of carbonyl (C=O) groups excluding carboxylic acids is 1. The van der Waals surface area contributed by atoms with Crippen LogP contribution < -0.4 is 5.73 Å². The first kappa shape index (κ1) is 14.2. The number of ketones is 1. The summed E-state index contributed by atoms with van der Waals surface area (Å²) in [6.45, 7) is 5.64. The summed E-state index contributed by atoms with van der Waals surface area (Å²) >= 11 is 6.09. The number of aromatic nitrogens is 2. The van der Waals surface area contributed by atoms with E-state index in [0.717, 1.165) is 17.7 Å². The van der Waals surface area contributed by atoms with Gasteiger partial charge in [-0.25, -0.2) is 0 Å². The molecule has 0 radical (unpaired) electrons. The van der Waals surface area contributed by atoms with E-state index in [0.29, 0.717) is 11.6 Å². The van der Waals surface area contributed by atoms with Crippen LogP contribution in [0.3, 0.4) is 0 Å². The standard InChI is InChI=1S/C12H20ClN3O/c1-5-6-12(3,14)10(17)7-9-8(2)15-16(4)11(9)13/h5-7,14H2,1-4H3. The summed E-state index contributed by atoms with van der Waals surface area (Å²) < 4.78 is 1.58. The van der Waals surface area contributed by atoms with E-state index in [-0.39, 0.29) is 12.2 Å². The SMILES string of the molecule is CCCC(C)(N)C(=O)Cc1c(C)nn(C)c1Cl. The molecule has 0 saturated carbocycles. The van der Waals surface area contributed by atoms with Crippen molar-refractivity contribution in [2.45, 2.75) is 45.6 Å². The van der Waals surface area contributed by atoms with Gasteiger partial charge in [-0.3, -0.25) is 9.48 Å². The molecule has 0 saturated heterocycles. The maximum atomic E-state index is 12.1. The van der Waals surface area contributed by atoms with Gasteiger partial charge in [-0.1, -0.05) is 24.9 Å². The molecular formula is C12H20ClN3O. The molecule has 96 valence electrons. The zero-order valence-corrected chi connectivity index (χ0v) is 11.6. The van der Waals surface area contributed by atoms with Crippen molar-refractivity contribution in [3.63, 3.8) is 0 Å². The molecule has 2 N–H and O–H groups in total. The highest BCUT2D eigenvalue weighted by Gasteiger charge is 2.28. The lowest BCUT2D eigenvalue weighted by Gasteiger charge is -2.22. The van der Waals surface area contributed by atoms with Gasteiger partial charge in [0.05, 0.1) is 11.2 Å². The lowest BCUT2D eigenvalue weighted by molar-refractivity contribution is -0.123. The zero-order chi connectivity index (χ0) is 13.2. The number of hydrogen-bond acceptors (Lipinski definition) is 3. The molecule has 1 aromatic heterocycles. The molecule has 1 heterocycles. The van der Waals surface area contributed by atoms with E-state index in [4.69, 9.17) is 17.3 Å². The Labute approximate surface area is 107 Å². The van der Waals surface area contributed by atoms with Gasteiger partial charge in [-0.15, -0.1) is 0 Å². The van der Waals surface area contributed by atoms with E-state index >= 15 is 0 Å². The molecule has 0 fully saturated rings. The molecule has 0 aliphatic carbocycles. The predicted octanol–water partition coefficient (Wildman–Crippen LogP) is 2.01. The lowest BCUT2D eigenvalue weighted by Crippen LogP contribution is -2.45. The Morgan fingerprint density at radius 3 is 2.59 bits per heavy atom. The van der Waals surface area contributed by atoms with Crippen LogP contribution in [0.1, 0.15) is 37.9 Å². The topological polar surface area (TPSA) is 60.9 Å². The number of aryl methyl sites for hydroxylation is 2. The fraction of sp³-hybridized carbons (Fsp3) is 0.667. The van der Waals surface area contributed by atoms with Gasteiger partial charge in [0, 0.05) is 19.0 Å². The summed E-state index contributed by atoms with van der Waals surface area (Å²) in [6.07, 6.45) is 1.83. The minimum Gasteiger partial charge on any atom is -0.319 e. The highest BCUT2D eigenvalue weighted by Crippen LogP contribution is 2.22. The lowest BCUT2D eigenvalue weighted by atomic mass is 9.89. The Kier molecular flexibility index (Phi) is 4.33. The second-order valence-electron chi connectivity index (χ2n) is 4.75. The van der Waals surface area contributed by atoms with E-state index in [1.165, 1.54) is 0 Å². The maximum Gasteiger partial charge on any atom is 0.156 e. The largest absolute Gasteiger partial charge is 0.319 e. The number of halogens is 1. The Hall–Kier alpha value is -0.870. The normalized spacial score (nSPS) is 14.7. The minimum atomic E-state index is -0.777. The molecule has 0 aliphatic heterocycles. The van der Waals surface area contributed by atoms with Crippen LogP contribution in [0, 0.1) is 6.92 Å². The summed E-state index contributed by atoms with van der Waals surface area (Å²) in [5.41, 5.74) is 6.80. The van der Waals surface area contributed by atoms with Gasteiger partial charge in [0.25, 0.3) is 0 Å². The fourth-order valence-electron chi connectivity index (χ4n) is 1.90. The summed E-state index contributed by atoms with van der Waals surface area (Å²) in [5.74, 6) is 0.0114. The Morgan fingerprint density at radius 2 is 2.18 bits per heavy atom. The van der Waals surface area contributed by atoms with Gasteiger partial charge in [-0.2, -0.15) is 5.10 Å². The van der Waals surface area contributed by atoms with Crippen molar-refractivity contribution >= 4 is 17.4 Å². The summed E-state index contributed by atoms with van der Waals surface area (Å²) in [4.78, 5) is 12.1. The van der Waals surface area contributed by atoms with Crippen LogP contribution in [0.25, 0.3) is 0 Å². The molecule has 0 spiro atoms. The second kappa shape index (κ2) is 5.19. The van der Waals surface area contributed by atoms with Gasteiger partial charge in [0.15, 0.2) is 5.78 Å². The van der Waals surface area contributed by atoms with E-state index in [9.17, 15) is 4.79 Å². The number of hydrogen-bond donors (Lipinski definition) is 1. The number of nitrogens with zero attached hydrogens (tertiary/aromatic N) is 2. The smallest absolute Gasteiger partial charge is 0.156 e. The van der Waals surface area contributed by atoms with E-state index in [2.05, 4.69) is 5.10 Å². The number of carbonyl (C=O) groups is 1. The highest BCUT2D eigenvalue weighted by atomic mass is 35.5. The van der Waals surface area contributed by atoms with Crippen molar-refractivity contribution in [2.24, 2.45) is 12.8 Å². The Morgan fingerprint density at radius 1 is 1.59 bits per heavy atom. The average Bonchev–Trinajstić information content (AvgIpc) is 2.45. The van der Waals surface area contributed by atoms with E-state index in [1.54, 1.807) is 18.7 Å². The van der Waals surface area contributed by atoms with Gasteiger partial charge in [0.1, 0.15) is 5.15 Å². The molecule has 5 heteroatoms. The molecule has 1 aromatic rings. The van der Waals surface area contributed by atoms with Gasteiger partial charge >= 0.3 is 0 Å². The van der Waals surface area contributed by atoms with Crippen molar-refractivity contribution in [1.29, 1.82) is 0 Å². The van der Waals surface area contributed by atoms with Gasteiger partial charge in [0.2, 0.25) is 0 Å². The number of rotatable bonds is 5. The van der Waals surface area contributed by atoms with Crippen LogP contribution in [0.15, 0.2) is 0 Å². The van der Waals surface area contributed by atoms with E-state index in [1.807, 2.05) is 13.8 Å². The third kappa shape index (κ3) is 3.07. The van der Waals surface area contributed by atoms with Crippen LogP contribution in [-0.4, -0.2) is 21.1 Å². The first-order valence-corrected chi connectivity index (χ1v) is 6.17.